The van der Waals surface area contributed by atoms with Crippen LogP contribution in [0.4, 0.5) is 5.69 Å². The first-order chi connectivity index (χ1) is 12.1. The summed E-state index contributed by atoms with van der Waals surface area (Å²) in [6.07, 6.45) is 0.315. The van der Waals surface area contributed by atoms with Crippen molar-refractivity contribution >= 4 is 34.0 Å². The molecule has 4 nitrogen and oxygen atoms in total. The van der Waals surface area contributed by atoms with Gasteiger partial charge in [-0.25, -0.2) is 0 Å². The number of ether oxygens (including phenoxy) is 1. The molecule has 4 rings (SSSR count). The summed E-state index contributed by atoms with van der Waals surface area (Å²) in [5, 5.41) is 15.3. The largest absolute Gasteiger partial charge is 0.503 e. The second kappa shape index (κ2) is 5.97. The highest BCUT2D eigenvalue weighted by Crippen LogP contribution is 2.44. The lowest BCUT2D eigenvalue weighted by atomic mass is 9.83. The number of nitrogens with one attached hydrogen (secondary N) is 1. The third-order valence-electron chi connectivity index (χ3n) is 4.66. The minimum Gasteiger partial charge on any atom is -0.503 e. The van der Waals surface area contributed by atoms with E-state index in [9.17, 15) is 9.90 Å². The smallest absolute Gasteiger partial charge is 0.225 e. The number of phenols is 1. The summed E-state index contributed by atoms with van der Waals surface area (Å²) in [5.74, 6) is 0.0140. The van der Waals surface area contributed by atoms with E-state index >= 15 is 0 Å². The van der Waals surface area contributed by atoms with Crippen molar-refractivity contribution in [2.75, 3.05) is 12.4 Å². The van der Waals surface area contributed by atoms with E-state index < -0.39 is 0 Å². The van der Waals surface area contributed by atoms with Crippen LogP contribution >= 0.6 is 11.6 Å². The molecule has 2 N–H and O–H groups in total. The lowest BCUT2D eigenvalue weighted by molar-refractivity contribution is -0.116. The van der Waals surface area contributed by atoms with Crippen LogP contribution in [0.3, 0.4) is 0 Å². The predicted molar refractivity (Wildman–Crippen MR) is 98.7 cm³/mol. The van der Waals surface area contributed by atoms with Gasteiger partial charge in [-0.15, -0.1) is 0 Å². The molecule has 3 aromatic rings. The van der Waals surface area contributed by atoms with Gasteiger partial charge in [-0.2, -0.15) is 0 Å². The van der Waals surface area contributed by atoms with E-state index in [2.05, 4.69) is 11.4 Å². The van der Waals surface area contributed by atoms with Crippen LogP contribution < -0.4 is 10.1 Å². The van der Waals surface area contributed by atoms with Crippen molar-refractivity contribution < 1.29 is 14.6 Å². The molecule has 0 aromatic heterocycles. The van der Waals surface area contributed by atoms with Crippen LogP contribution in [0.1, 0.15) is 23.5 Å². The fraction of sp³-hybridized carbons (Fsp3) is 0.150. The highest BCUT2D eigenvalue weighted by atomic mass is 35.5. The molecule has 1 atom stereocenters. The first-order valence-corrected chi connectivity index (χ1v) is 8.34. The molecule has 0 fully saturated rings. The average Bonchev–Trinajstić information content (AvgIpc) is 2.63. The number of amides is 1. The number of carbonyl (C=O) groups is 1. The van der Waals surface area contributed by atoms with Gasteiger partial charge in [-0.05, 0) is 28.6 Å². The Bertz CT molecular complexity index is 1000. The van der Waals surface area contributed by atoms with Crippen LogP contribution in [-0.4, -0.2) is 18.1 Å². The van der Waals surface area contributed by atoms with Crippen molar-refractivity contribution in [3.8, 4) is 11.5 Å². The second-order valence-corrected chi connectivity index (χ2v) is 6.52. The Morgan fingerprint density at radius 3 is 2.80 bits per heavy atom. The van der Waals surface area contributed by atoms with Gasteiger partial charge in [0.25, 0.3) is 0 Å². The Morgan fingerprint density at radius 2 is 2.00 bits per heavy atom. The maximum atomic E-state index is 12.3. The zero-order valence-electron chi connectivity index (χ0n) is 13.5. The van der Waals surface area contributed by atoms with Crippen LogP contribution in [-0.2, 0) is 4.79 Å². The number of rotatable bonds is 2. The van der Waals surface area contributed by atoms with Crippen LogP contribution in [0.25, 0.3) is 10.8 Å². The number of benzene rings is 3. The molecule has 0 aliphatic carbocycles. The lowest BCUT2D eigenvalue weighted by Gasteiger charge is -2.27. The number of hydrogen-bond donors (Lipinski definition) is 2. The highest BCUT2D eigenvalue weighted by molar-refractivity contribution is 6.32. The number of methoxy groups -OCH3 is 1. The quantitative estimate of drug-likeness (QED) is 0.703. The molecular weight excluding hydrogens is 338 g/mol. The standard InChI is InChI=1S/C20H16ClNO3/c1-25-17-9-12(8-16(21)20(17)24)15-10-18(23)22-19-13-5-3-2-4-11(13)6-7-14(15)19/h2-9,15,24H,10H2,1H3,(H,22,23). The molecule has 1 aliphatic heterocycles. The zero-order valence-corrected chi connectivity index (χ0v) is 14.3. The van der Waals surface area contributed by atoms with Gasteiger partial charge in [0, 0.05) is 17.7 Å². The van der Waals surface area contributed by atoms with Gasteiger partial charge in [-0.1, -0.05) is 48.0 Å². The van der Waals surface area contributed by atoms with Gasteiger partial charge < -0.3 is 15.2 Å². The summed E-state index contributed by atoms with van der Waals surface area (Å²) in [6, 6.07) is 15.5. The third-order valence-corrected chi connectivity index (χ3v) is 4.95. The number of aromatic hydroxyl groups is 1. The molecule has 0 saturated carbocycles. The molecule has 1 unspecified atom stereocenters. The minimum absolute atomic E-state index is 0.0444. The number of halogens is 1. The number of hydrogen-bond acceptors (Lipinski definition) is 3. The third kappa shape index (κ3) is 2.59. The highest BCUT2D eigenvalue weighted by Gasteiger charge is 2.29. The van der Waals surface area contributed by atoms with E-state index in [1.165, 1.54) is 7.11 Å². The molecular formula is C20H16ClNO3. The van der Waals surface area contributed by atoms with Gasteiger partial charge in [0.05, 0.1) is 17.8 Å². The summed E-state index contributed by atoms with van der Waals surface area (Å²) in [5.41, 5.74) is 2.70. The van der Waals surface area contributed by atoms with Crippen molar-refractivity contribution in [1.29, 1.82) is 0 Å². The molecule has 5 heteroatoms. The molecule has 0 radical (unpaired) electrons. The van der Waals surface area contributed by atoms with Gasteiger partial charge in [0.1, 0.15) is 0 Å². The van der Waals surface area contributed by atoms with Gasteiger partial charge in [0.2, 0.25) is 5.91 Å². The van der Waals surface area contributed by atoms with E-state index in [1.807, 2.05) is 30.3 Å². The SMILES string of the molecule is COc1cc(C2CC(=O)Nc3c2ccc2ccccc32)cc(Cl)c1O. The van der Waals surface area contributed by atoms with E-state index in [-0.39, 0.29) is 22.6 Å². The monoisotopic (exact) mass is 353 g/mol. The minimum atomic E-state index is -0.152. The van der Waals surface area contributed by atoms with Crippen molar-refractivity contribution in [3.05, 3.63) is 64.7 Å². The molecule has 0 spiro atoms. The zero-order chi connectivity index (χ0) is 17.6. The van der Waals surface area contributed by atoms with Crippen molar-refractivity contribution in [2.24, 2.45) is 0 Å². The Labute approximate surface area is 150 Å². The average molecular weight is 354 g/mol. The molecule has 1 heterocycles. The normalized spacial score (nSPS) is 16.4. The van der Waals surface area contributed by atoms with E-state index in [1.54, 1.807) is 12.1 Å². The summed E-state index contributed by atoms with van der Waals surface area (Å²) in [4.78, 5) is 12.3. The summed E-state index contributed by atoms with van der Waals surface area (Å²) < 4.78 is 5.21. The van der Waals surface area contributed by atoms with Crippen LogP contribution in [0, 0.1) is 0 Å². The van der Waals surface area contributed by atoms with Crippen molar-refractivity contribution in [1.82, 2.24) is 0 Å². The first-order valence-electron chi connectivity index (χ1n) is 7.96. The summed E-state index contributed by atoms with van der Waals surface area (Å²) >= 11 is 6.14. The molecule has 25 heavy (non-hydrogen) atoms. The van der Waals surface area contributed by atoms with Gasteiger partial charge >= 0.3 is 0 Å². The van der Waals surface area contributed by atoms with Gasteiger partial charge in [-0.3, -0.25) is 4.79 Å². The first kappa shape index (κ1) is 15.8. The summed E-state index contributed by atoms with van der Waals surface area (Å²) in [7, 11) is 1.48. The van der Waals surface area contributed by atoms with Crippen LogP contribution in [0.15, 0.2) is 48.5 Å². The lowest BCUT2D eigenvalue weighted by Crippen LogP contribution is -2.23. The number of carbonyl (C=O) groups excluding carboxylic acids is 1. The van der Waals surface area contributed by atoms with Crippen molar-refractivity contribution in [2.45, 2.75) is 12.3 Å². The maximum Gasteiger partial charge on any atom is 0.225 e. The van der Waals surface area contributed by atoms with E-state index in [4.69, 9.17) is 16.3 Å². The second-order valence-electron chi connectivity index (χ2n) is 6.11. The fourth-order valence-corrected chi connectivity index (χ4v) is 3.67. The van der Waals surface area contributed by atoms with Crippen LogP contribution in [0.5, 0.6) is 11.5 Å². The number of fused-ring (bicyclic) bond motifs is 3. The van der Waals surface area contributed by atoms with Crippen LogP contribution in [0.2, 0.25) is 5.02 Å². The number of phenolic OH excluding ortho intramolecular Hbond substituents is 1. The molecule has 126 valence electrons. The Hall–Kier alpha value is -2.72. The molecule has 3 aromatic carbocycles. The molecule has 0 saturated heterocycles. The Morgan fingerprint density at radius 1 is 1.20 bits per heavy atom. The molecule has 0 bridgehead atoms. The number of anilines is 1. The predicted octanol–water partition coefficient (Wildman–Crippen LogP) is 4.68. The topological polar surface area (TPSA) is 58.6 Å². The van der Waals surface area contributed by atoms with E-state index in [0.717, 1.165) is 27.6 Å². The Balaban J connectivity index is 1.92. The van der Waals surface area contributed by atoms with Gasteiger partial charge in [0.15, 0.2) is 11.5 Å². The molecule has 1 aliphatic rings. The maximum absolute atomic E-state index is 12.3. The molecule has 1 amide bonds. The Kier molecular flexibility index (Phi) is 3.77. The fourth-order valence-electron chi connectivity index (χ4n) is 3.45. The summed E-state index contributed by atoms with van der Waals surface area (Å²) in [6.45, 7) is 0. The van der Waals surface area contributed by atoms with Crippen molar-refractivity contribution in [3.63, 3.8) is 0 Å². The van der Waals surface area contributed by atoms with E-state index in [0.29, 0.717) is 12.2 Å².